The highest BCUT2D eigenvalue weighted by Crippen LogP contribution is 2.32. The minimum atomic E-state index is -0.625. The second kappa shape index (κ2) is 4.19. The van der Waals surface area contributed by atoms with Crippen LogP contribution in [0.4, 0.5) is 4.39 Å². The summed E-state index contributed by atoms with van der Waals surface area (Å²) in [6, 6.07) is 4.25. The third-order valence-corrected chi connectivity index (χ3v) is 2.60. The predicted molar refractivity (Wildman–Crippen MR) is 55.3 cm³/mol. The van der Waals surface area contributed by atoms with Crippen LogP contribution >= 0.6 is 0 Å². The molecule has 1 aromatic rings. The second-order valence-electron chi connectivity index (χ2n) is 4.11. The van der Waals surface area contributed by atoms with Crippen molar-refractivity contribution in [1.82, 2.24) is 0 Å². The molecule has 3 heteroatoms. The van der Waals surface area contributed by atoms with E-state index < -0.39 is 6.10 Å². The third kappa shape index (κ3) is 2.69. The van der Waals surface area contributed by atoms with Crippen LogP contribution in [-0.2, 0) is 0 Å². The number of rotatable bonds is 4. The summed E-state index contributed by atoms with van der Waals surface area (Å²) in [4.78, 5) is 0. The molecular weight excluding hydrogens is 195 g/mol. The molecule has 82 valence electrons. The van der Waals surface area contributed by atoms with Crippen molar-refractivity contribution in [3.8, 4) is 5.75 Å². The maximum Gasteiger partial charge on any atom is 0.128 e. The van der Waals surface area contributed by atoms with E-state index >= 15 is 0 Å². The number of ether oxygens (including phenoxy) is 1. The van der Waals surface area contributed by atoms with Gasteiger partial charge < -0.3 is 9.84 Å². The van der Waals surface area contributed by atoms with Gasteiger partial charge in [0.15, 0.2) is 0 Å². The van der Waals surface area contributed by atoms with E-state index in [1.54, 1.807) is 13.0 Å². The van der Waals surface area contributed by atoms with Gasteiger partial charge in [0.2, 0.25) is 0 Å². The van der Waals surface area contributed by atoms with Crippen LogP contribution in [-0.4, -0.2) is 11.7 Å². The molecule has 15 heavy (non-hydrogen) atoms. The lowest BCUT2D eigenvalue weighted by Gasteiger charge is -2.13. The van der Waals surface area contributed by atoms with Crippen molar-refractivity contribution in [3.05, 3.63) is 29.6 Å². The Bertz CT molecular complexity index is 345. The molecule has 1 atom stereocenters. The Balaban J connectivity index is 2.13. The van der Waals surface area contributed by atoms with Gasteiger partial charge in [0.05, 0.1) is 12.7 Å². The maximum absolute atomic E-state index is 13.0. The van der Waals surface area contributed by atoms with Crippen molar-refractivity contribution >= 4 is 0 Å². The number of aliphatic hydroxyl groups is 1. The number of halogens is 1. The summed E-state index contributed by atoms with van der Waals surface area (Å²) in [5.41, 5.74) is 0.650. The summed E-state index contributed by atoms with van der Waals surface area (Å²) < 4.78 is 18.5. The van der Waals surface area contributed by atoms with Gasteiger partial charge in [0, 0.05) is 11.6 Å². The Labute approximate surface area is 88.7 Å². The fraction of sp³-hybridized carbons (Fsp3) is 0.500. The molecule has 2 nitrogen and oxygen atoms in total. The Morgan fingerprint density at radius 3 is 2.87 bits per heavy atom. The van der Waals surface area contributed by atoms with Gasteiger partial charge in [0.25, 0.3) is 0 Å². The van der Waals surface area contributed by atoms with E-state index in [9.17, 15) is 9.50 Å². The minimum Gasteiger partial charge on any atom is -0.493 e. The van der Waals surface area contributed by atoms with Gasteiger partial charge in [-0.05, 0) is 37.8 Å². The SMILES string of the molecule is C[C@H](O)c1ccc(F)cc1OCC1CC1. The normalized spacial score (nSPS) is 17.5. The summed E-state index contributed by atoms with van der Waals surface area (Å²) in [6.07, 6.45) is 1.76. The van der Waals surface area contributed by atoms with Gasteiger partial charge in [-0.3, -0.25) is 0 Å². The van der Waals surface area contributed by atoms with Crippen LogP contribution in [0.2, 0.25) is 0 Å². The Hall–Kier alpha value is -1.09. The van der Waals surface area contributed by atoms with Gasteiger partial charge in [0.1, 0.15) is 11.6 Å². The average Bonchev–Trinajstić information content (AvgIpc) is 2.97. The highest BCUT2D eigenvalue weighted by molar-refractivity contribution is 5.35. The summed E-state index contributed by atoms with van der Waals surface area (Å²) in [5.74, 6) is 0.761. The van der Waals surface area contributed by atoms with E-state index in [0.717, 1.165) is 0 Å². The first-order valence-electron chi connectivity index (χ1n) is 5.27. The smallest absolute Gasteiger partial charge is 0.128 e. The fourth-order valence-corrected chi connectivity index (χ4v) is 1.47. The van der Waals surface area contributed by atoms with Crippen LogP contribution in [0, 0.1) is 11.7 Å². The van der Waals surface area contributed by atoms with Crippen LogP contribution in [0.5, 0.6) is 5.75 Å². The highest BCUT2D eigenvalue weighted by Gasteiger charge is 2.22. The lowest BCUT2D eigenvalue weighted by atomic mass is 10.1. The van der Waals surface area contributed by atoms with Crippen molar-refractivity contribution < 1.29 is 14.2 Å². The molecule has 1 aliphatic carbocycles. The topological polar surface area (TPSA) is 29.5 Å². The second-order valence-corrected chi connectivity index (χ2v) is 4.11. The molecule has 2 rings (SSSR count). The zero-order chi connectivity index (χ0) is 10.8. The molecule has 0 spiro atoms. The molecule has 1 N–H and O–H groups in total. The average molecular weight is 210 g/mol. The van der Waals surface area contributed by atoms with Crippen molar-refractivity contribution in [2.24, 2.45) is 5.92 Å². The highest BCUT2D eigenvalue weighted by atomic mass is 19.1. The van der Waals surface area contributed by atoms with E-state index in [1.165, 1.54) is 25.0 Å². The lowest BCUT2D eigenvalue weighted by Crippen LogP contribution is -2.04. The molecule has 0 bridgehead atoms. The van der Waals surface area contributed by atoms with E-state index in [0.29, 0.717) is 23.8 Å². The number of aliphatic hydroxyl groups excluding tert-OH is 1. The molecule has 1 fully saturated rings. The van der Waals surface area contributed by atoms with Crippen molar-refractivity contribution in [2.45, 2.75) is 25.9 Å². The molecule has 0 heterocycles. The molecular formula is C12H15FO2. The summed E-state index contributed by atoms with van der Waals surface area (Å²) in [7, 11) is 0. The zero-order valence-electron chi connectivity index (χ0n) is 8.74. The Kier molecular flexibility index (Phi) is 2.91. The van der Waals surface area contributed by atoms with Crippen LogP contribution in [0.15, 0.2) is 18.2 Å². The number of hydrogen-bond acceptors (Lipinski definition) is 2. The third-order valence-electron chi connectivity index (χ3n) is 2.60. The van der Waals surface area contributed by atoms with Crippen LogP contribution in [0.3, 0.4) is 0 Å². The Morgan fingerprint density at radius 1 is 1.53 bits per heavy atom. The number of hydrogen-bond donors (Lipinski definition) is 1. The summed E-state index contributed by atoms with van der Waals surface area (Å²) >= 11 is 0. The van der Waals surface area contributed by atoms with Gasteiger partial charge in [-0.2, -0.15) is 0 Å². The molecule has 0 aromatic heterocycles. The van der Waals surface area contributed by atoms with Crippen LogP contribution in [0.25, 0.3) is 0 Å². The zero-order valence-corrected chi connectivity index (χ0v) is 8.74. The quantitative estimate of drug-likeness (QED) is 0.827. The molecule has 1 aromatic carbocycles. The molecule has 1 saturated carbocycles. The predicted octanol–water partition coefficient (Wildman–Crippen LogP) is 2.67. The molecule has 0 aliphatic heterocycles. The standard InChI is InChI=1S/C12H15FO2/c1-8(14)11-5-4-10(13)6-12(11)15-7-9-2-3-9/h4-6,8-9,14H,2-3,7H2,1H3/t8-/m0/s1. The monoisotopic (exact) mass is 210 g/mol. The lowest BCUT2D eigenvalue weighted by molar-refractivity contribution is 0.190. The Morgan fingerprint density at radius 2 is 2.27 bits per heavy atom. The largest absolute Gasteiger partial charge is 0.493 e. The fourth-order valence-electron chi connectivity index (χ4n) is 1.47. The molecule has 0 amide bonds. The van der Waals surface area contributed by atoms with E-state index in [1.807, 2.05) is 0 Å². The summed E-state index contributed by atoms with van der Waals surface area (Å²) in [6.45, 7) is 2.28. The van der Waals surface area contributed by atoms with Crippen LogP contribution < -0.4 is 4.74 Å². The number of benzene rings is 1. The molecule has 1 aliphatic rings. The molecule has 0 radical (unpaired) electrons. The summed E-state index contributed by atoms with van der Waals surface area (Å²) in [5, 5.41) is 9.47. The van der Waals surface area contributed by atoms with Gasteiger partial charge in [-0.25, -0.2) is 4.39 Å². The first-order valence-corrected chi connectivity index (χ1v) is 5.27. The molecule has 0 saturated heterocycles. The van der Waals surface area contributed by atoms with Gasteiger partial charge in [-0.15, -0.1) is 0 Å². The van der Waals surface area contributed by atoms with E-state index in [4.69, 9.17) is 4.74 Å². The van der Waals surface area contributed by atoms with Crippen molar-refractivity contribution in [3.63, 3.8) is 0 Å². The first-order chi connectivity index (χ1) is 7.16. The van der Waals surface area contributed by atoms with Crippen molar-refractivity contribution in [1.29, 1.82) is 0 Å². The first kappa shape index (κ1) is 10.4. The molecule has 0 unspecified atom stereocenters. The minimum absolute atomic E-state index is 0.329. The van der Waals surface area contributed by atoms with Gasteiger partial charge in [-0.1, -0.05) is 0 Å². The van der Waals surface area contributed by atoms with E-state index in [2.05, 4.69) is 0 Å². The van der Waals surface area contributed by atoms with E-state index in [-0.39, 0.29) is 5.82 Å². The van der Waals surface area contributed by atoms with Gasteiger partial charge >= 0.3 is 0 Å². The van der Waals surface area contributed by atoms with Crippen LogP contribution in [0.1, 0.15) is 31.4 Å². The maximum atomic E-state index is 13.0. The van der Waals surface area contributed by atoms with Crippen molar-refractivity contribution in [2.75, 3.05) is 6.61 Å².